The normalized spacial score (nSPS) is 24.0. The van der Waals surface area contributed by atoms with E-state index in [0.29, 0.717) is 0 Å². The van der Waals surface area contributed by atoms with E-state index in [2.05, 4.69) is 17.5 Å². The first-order valence-corrected chi connectivity index (χ1v) is 3.53. The Bertz CT molecular complexity index is 177. The second-order valence-electron chi connectivity index (χ2n) is 2.56. The van der Waals surface area contributed by atoms with Gasteiger partial charge in [-0.05, 0) is 30.9 Å². The smallest absolute Gasteiger partial charge is 0.0563 e. The number of rotatable bonds is 0. The van der Waals surface area contributed by atoms with Crippen LogP contribution in [-0.4, -0.2) is 6.54 Å². The molecule has 0 aromatic carbocycles. The molecule has 2 aliphatic rings. The third-order valence-corrected chi connectivity index (χ3v) is 1.95. The van der Waals surface area contributed by atoms with Crippen LogP contribution in [0.4, 0.5) is 0 Å². The number of allylic oxidation sites excluding steroid dienone is 2. The Morgan fingerprint density at radius 1 is 1.33 bits per heavy atom. The van der Waals surface area contributed by atoms with Gasteiger partial charge in [0, 0.05) is 6.54 Å². The molecule has 0 saturated carbocycles. The van der Waals surface area contributed by atoms with Crippen LogP contribution in [0.5, 0.6) is 0 Å². The summed E-state index contributed by atoms with van der Waals surface area (Å²) in [5.41, 5.74) is 2.86. The largest absolute Gasteiger partial charge is 0.285 e. The Labute approximate surface area is 55.5 Å². The van der Waals surface area contributed by atoms with E-state index in [0.717, 1.165) is 6.54 Å². The number of nitrogens with zero attached hydrogens (tertiary/aromatic N) is 1. The van der Waals surface area contributed by atoms with E-state index in [1.807, 2.05) is 0 Å². The Balaban J connectivity index is 2.28. The molecule has 0 unspecified atom stereocenters. The average Bonchev–Trinajstić information content (AvgIpc) is 2.33. The summed E-state index contributed by atoms with van der Waals surface area (Å²) in [4.78, 5) is 0. The lowest BCUT2D eigenvalue weighted by molar-refractivity contribution is 0.861. The van der Waals surface area contributed by atoms with E-state index in [9.17, 15) is 0 Å². The van der Waals surface area contributed by atoms with E-state index in [-0.39, 0.29) is 0 Å². The molecule has 1 aliphatic heterocycles. The van der Waals surface area contributed by atoms with Crippen LogP contribution < -0.4 is 5.32 Å². The van der Waals surface area contributed by atoms with E-state index >= 15 is 0 Å². The summed E-state index contributed by atoms with van der Waals surface area (Å²) < 4.78 is 0. The van der Waals surface area contributed by atoms with Crippen molar-refractivity contribution in [3.8, 4) is 0 Å². The van der Waals surface area contributed by atoms with Gasteiger partial charge in [0.2, 0.25) is 0 Å². The molecule has 0 saturated heterocycles. The summed E-state index contributed by atoms with van der Waals surface area (Å²) in [6.45, 7) is 1.04. The Kier molecular flexibility index (Phi) is 1.08. The maximum absolute atomic E-state index is 4.35. The van der Waals surface area contributed by atoms with Crippen LogP contribution in [-0.2, 0) is 0 Å². The molecule has 9 heavy (non-hydrogen) atoms. The summed E-state index contributed by atoms with van der Waals surface area (Å²) in [7, 11) is 0. The Morgan fingerprint density at radius 3 is 3.22 bits per heavy atom. The van der Waals surface area contributed by atoms with Gasteiger partial charge < -0.3 is 0 Å². The van der Waals surface area contributed by atoms with Gasteiger partial charge >= 0.3 is 0 Å². The molecule has 0 atom stereocenters. The lowest BCUT2D eigenvalue weighted by Crippen LogP contribution is -1.96. The van der Waals surface area contributed by atoms with Crippen molar-refractivity contribution in [1.29, 1.82) is 0 Å². The molecule has 2 rings (SSSR count). The van der Waals surface area contributed by atoms with Crippen molar-refractivity contribution in [2.45, 2.75) is 19.3 Å². The molecule has 1 aliphatic carbocycles. The minimum atomic E-state index is 1.04. The summed E-state index contributed by atoms with van der Waals surface area (Å²) in [5, 5.41) is 4.35. The summed E-state index contributed by atoms with van der Waals surface area (Å²) in [5.74, 6) is 0. The zero-order valence-corrected chi connectivity index (χ0v) is 5.43. The SMILES string of the molecule is C1=CC2=C(CC1)CC[N]2. The fraction of sp³-hybridized carbons (Fsp3) is 0.500. The second kappa shape index (κ2) is 1.90. The fourth-order valence-electron chi connectivity index (χ4n) is 1.43. The minimum absolute atomic E-state index is 1.04. The standard InChI is InChI=1S/C8H10N/c1-2-4-8-7(3-1)5-6-9-8/h2,4H,1,3,5-6H2. The van der Waals surface area contributed by atoms with Gasteiger partial charge in [0.15, 0.2) is 0 Å². The highest BCUT2D eigenvalue weighted by molar-refractivity contribution is 5.31. The van der Waals surface area contributed by atoms with Crippen molar-refractivity contribution < 1.29 is 0 Å². The summed E-state index contributed by atoms with van der Waals surface area (Å²) in [6, 6.07) is 0. The molecule has 1 heteroatoms. The van der Waals surface area contributed by atoms with Gasteiger partial charge in [-0.1, -0.05) is 6.08 Å². The quantitative estimate of drug-likeness (QED) is 0.461. The maximum atomic E-state index is 4.35. The summed E-state index contributed by atoms with van der Waals surface area (Å²) >= 11 is 0. The highest BCUT2D eigenvalue weighted by Crippen LogP contribution is 2.24. The molecule has 1 radical (unpaired) electrons. The molecule has 1 heterocycles. The Hall–Kier alpha value is -0.720. The van der Waals surface area contributed by atoms with E-state index in [1.165, 1.54) is 25.0 Å². The lowest BCUT2D eigenvalue weighted by atomic mass is 10.0. The van der Waals surface area contributed by atoms with Crippen LogP contribution in [0.25, 0.3) is 0 Å². The molecule has 0 spiro atoms. The molecule has 0 aromatic heterocycles. The number of hydrogen-bond acceptors (Lipinski definition) is 0. The minimum Gasteiger partial charge on any atom is -0.285 e. The first kappa shape index (κ1) is 5.10. The second-order valence-corrected chi connectivity index (χ2v) is 2.56. The summed E-state index contributed by atoms with van der Waals surface area (Å²) in [6.07, 6.45) is 8.09. The third kappa shape index (κ3) is 0.766. The van der Waals surface area contributed by atoms with Crippen LogP contribution in [0.1, 0.15) is 19.3 Å². The topological polar surface area (TPSA) is 14.1 Å². The van der Waals surface area contributed by atoms with Crippen LogP contribution in [0, 0.1) is 0 Å². The van der Waals surface area contributed by atoms with Crippen LogP contribution in [0.15, 0.2) is 23.4 Å². The van der Waals surface area contributed by atoms with Crippen LogP contribution in [0.2, 0.25) is 0 Å². The van der Waals surface area contributed by atoms with Gasteiger partial charge in [0.05, 0.1) is 5.70 Å². The molecule has 0 bridgehead atoms. The molecular weight excluding hydrogens is 110 g/mol. The zero-order valence-electron chi connectivity index (χ0n) is 5.43. The fourth-order valence-corrected chi connectivity index (χ4v) is 1.43. The highest BCUT2D eigenvalue weighted by Gasteiger charge is 2.14. The first-order valence-electron chi connectivity index (χ1n) is 3.53. The van der Waals surface area contributed by atoms with Crippen molar-refractivity contribution in [2.75, 3.05) is 6.54 Å². The van der Waals surface area contributed by atoms with Crippen molar-refractivity contribution >= 4 is 0 Å². The van der Waals surface area contributed by atoms with Crippen LogP contribution >= 0.6 is 0 Å². The lowest BCUT2D eigenvalue weighted by Gasteiger charge is -2.04. The monoisotopic (exact) mass is 120 g/mol. The molecular formula is C8H10N. The molecule has 0 amide bonds. The van der Waals surface area contributed by atoms with E-state index in [4.69, 9.17) is 0 Å². The zero-order chi connectivity index (χ0) is 6.10. The molecule has 0 aromatic rings. The van der Waals surface area contributed by atoms with Gasteiger partial charge in [-0.3, -0.25) is 5.32 Å². The molecule has 1 nitrogen and oxygen atoms in total. The predicted molar refractivity (Wildman–Crippen MR) is 37.0 cm³/mol. The van der Waals surface area contributed by atoms with Gasteiger partial charge in [-0.2, -0.15) is 0 Å². The van der Waals surface area contributed by atoms with E-state index in [1.54, 1.807) is 5.57 Å². The van der Waals surface area contributed by atoms with Gasteiger partial charge in [0.25, 0.3) is 0 Å². The number of hydrogen-bond donors (Lipinski definition) is 0. The van der Waals surface area contributed by atoms with Gasteiger partial charge in [0.1, 0.15) is 0 Å². The van der Waals surface area contributed by atoms with Crippen LogP contribution in [0.3, 0.4) is 0 Å². The van der Waals surface area contributed by atoms with E-state index < -0.39 is 0 Å². The van der Waals surface area contributed by atoms with Crippen molar-refractivity contribution in [1.82, 2.24) is 5.32 Å². The third-order valence-electron chi connectivity index (χ3n) is 1.95. The van der Waals surface area contributed by atoms with Crippen molar-refractivity contribution in [3.05, 3.63) is 23.4 Å². The maximum Gasteiger partial charge on any atom is 0.0563 e. The molecule has 0 N–H and O–H groups in total. The van der Waals surface area contributed by atoms with Crippen molar-refractivity contribution in [2.24, 2.45) is 0 Å². The van der Waals surface area contributed by atoms with Gasteiger partial charge in [-0.15, -0.1) is 0 Å². The Morgan fingerprint density at radius 2 is 2.33 bits per heavy atom. The molecule has 0 fully saturated rings. The predicted octanol–water partition coefficient (Wildman–Crippen LogP) is 1.60. The molecule has 47 valence electrons. The average molecular weight is 120 g/mol. The van der Waals surface area contributed by atoms with Gasteiger partial charge in [-0.25, -0.2) is 0 Å². The highest BCUT2D eigenvalue weighted by atomic mass is 14.9. The first-order chi connectivity index (χ1) is 4.47. The van der Waals surface area contributed by atoms with Crippen molar-refractivity contribution in [3.63, 3.8) is 0 Å².